The molecule has 3 aromatic rings. The Morgan fingerprint density at radius 3 is 2.44 bits per heavy atom. The summed E-state index contributed by atoms with van der Waals surface area (Å²) in [7, 11) is 0. The molecule has 2 aromatic carbocycles. The molecule has 3 rings (SSSR count). The van der Waals surface area contributed by atoms with Gasteiger partial charge in [-0.05, 0) is 48.5 Å². The van der Waals surface area contributed by atoms with Crippen molar-refractivity contribution in [3.05, 3.63) is 84.1 Å². The highest BCUT2D eigenvalue weighted by molar-refractivity contribution is 5.96. The van der Waals surface area contributed by atoms with Gasteiger partial charge in [0.25, 0.3) is 5.91 Å². The van der Waals surface area contributed by atoms with Gasteiger partial charge in [0.05, 0.1) is 25.0 Å². The van der Waals surface area contributed by atoms with Gasteiger partial charge in [-0.1, -0.05) is 12.1 Å². The molecule has 0 bridgehead atoms. The van der Waals surface area contributed by atoms with Gasteiger partial charge in [-0.25, -0.2) is 4.39 Å². The number of para-hydroxylation sites is 1. The first-order valence-electron chi connectivity index (χ1n) is 8.31. The molecule has 1 aromatic heterocycles. The molecule has 2 amide bonds. The predicted molar refractivity (Wildman–Crippen MR) is 99.8 cm³/mol. The number of furan rings is 1. The quantitative estimate of drug-likeness (QED) is 0.598. The van der Waals surface area contributed by atoms with Crippen LogP contribution >= 0.6 is 0 Å². The fourth-order valence-electron chi connectivity index (χ4n) is 2.37. The molecule has 0 fully saturated rings. The molecule has 0 spiro atoms. The second-order valence-corrected chi connectivity index (χ2v) is 5.72. The van der Waals surface area contributed by atoms with Crippen LogP contribution in [0, 0.1) is 5.82 Å². The summed E-state index contributed by atoms with van der Waals surface area (Å²) in [5.74, 6) is -0.330. The lowest BCUT2D eigenvalue weighted by Gasteiger charge is -2.09. The van der Waals surface area contributed by atoms with E-state index in [2.05, 4.69) is 16.0 Å². The molecule has 0 unspecified atom stereocenters. The van der Waals surface area contributed by atoms with Crippen molar-refractivity contribution in [1.82, 2.24) is 5.32 Å². The van der Waals surface area contributed by atoms with Crippen LogP contribution in [-0.4, -0.2) is 18.4 Å². The van der Waals surface area contributed by atoms with E-state index >= 15 is 0 Å². The molecule has 0 aliphatic rings. The van der Waals surface area contributed by atoms with E-state index in [1.165, 1.54) is 6.07 Å². The highest BCUT2D eigenvalue weighted by Gasteiger charge is 2.08. The van der Waals surface area contributed by atoms with Gasteiger partial charge in [0, 0.05) is 11.3 Å². The van der Waals surface area contributed by atoms with Gasteiger partial charge in [-0.15, -0.1) is 0 Å². The third kappa shape index (κ3) is 5.18. The SMILES string of the molecule is O=C(CNc1ccccc1F)Nc1ccc(C(=O)NCc2ccco2)cc1. The zero-order valence-electron chi connectivity index (χ0n) is 14.4. The summed E-state index contributed by atoms with van der Waals surface area (Å²) in [5.41, 5.74) is 1.26. The van der Waals surface area contributed by atoms with Gasteiger partial charge in [0.2, 0.25) is 5.91 Å². The number of nitrogens with one attached hydrogen (secondary N) is 3. The Balaban J connectivity index is 1.48. The predicted octanol–water partition coefficient (Wildman–Crippen LogP) is 3.40. The van der Waals surface area contributed by atoms with Gasteiger partial charge in [0.15, 0.2) is 0 Å². The van der Waals surface area contributed by atoms with Crippen molar-refractivity contribution in [1.29, 1.82) is 0 Å². The Morgan fingerprint density at radius 1 is 0.963 bits per heavy atom. The molecule has 7 heteroatoms. The van der Waals surface area contributed by atoms with Crippen molar-refractivity contribution in [3.8, 4) is 0 Å². The third-order valence-electron chi connectivity index (χ3n) is 3.75. The largest absolute Gasteiger partial charge is 0.467 e. The average Bonchev–Trinajstić information content (AvgIpc) is 3.20. The van der Waals surface area contributed by atoms with Gasteiger partial charge in [-0.2, -0.15) is 0 Å². The van der Waals surface area contributed by atoms with Gasteiger partial charge in [-0.3, -0.25) is 9.59 Å². The number of hydrogen-bond donors (Lipinski definition) is 3. The molecular formula is C20H18FN3O3. The molecule has 138 valence electrons. The summed E-state index contributed by atoms with van der Waals surface area (Å²) in [4.78, 5) is 24.0. The second kappa shape index (κ2) is 8.66. The van der Waals surface area contributed by atoms with E-state index in [0.717, 1.165) is 0 Å². The lowest BCUT2D eigenvalue weighted by Crippen LogP contribution is -2.23. The van der Waals surface area contributed by atoms with Crippen molar-refractivity contribution in [2.45, 2.75) is 6.54 Å². The lowest BCUT2D eigenvalue weighted by molar-refractivity contribution is -0.114. The summed E-state index contributed by atoms with van der Waals surface area (Å²) >= 11 is 0. The fraction of sp³-hybridized carbons (Fsp3) is 0.100. The second-order valence-electron chi connectivity index (χ2n) is 5.72. The maximum absolute atomic E-state index is 13.5. The van der Waals surface area contributed by atoms with Crippen LogP contribution in [0.4, 0.5) is 15.8 Å². The van der Waals surface area contributed by atoms with Crippen LogP contribution in [0.5, 0.6) is 0 Å². The van der Waals surface area contributed by atoms with Crippen LogP contribution in [0.1, 0.15) is 16.1 Å². The lowest BCUT2D eigenvalue weighted by atomic mass is 10.2. The number of amides is 2. The maximum Gasteiger partial charge on any atom is 0.251 e. The summed E-state index contributed by atoms with van der Waals surface area (Å²) in [5, 5.41) is 8.15. The first-order chi connectivity index (χ1) is 13.1. The molecule has 0 aliphatic carbocycles. The zero-order valence-corrected chi connectivity index (χ0v) is 14.4. The van der Waals surface area contributed by atoms with Crippen LogP contribution in [0.15, 0.2) is 71.3 Å². The molecular weight excluding hydrogens is 349 g/mol. The van der Waals surface area contributed by atoms with Crippen LogP contribution in [0.3, 0.4) is 0 Å². The molecule has 0 saturated carbocycles. The fourth-order valence-corrected chi connectivity index (χ4v) is 2.37. The summed E-state index contributed by atoms with van der Waals surface area (Å²) < 4.78 is 18.7. The van der Waals surface area contributed by atoms with Gasteiger partial charge >= 0.3 is 0 Å². The highest BCUT2D eigenvalue weighted by Crippen LogP contribution is 2.13. The summed E-state index contributed by atoms with van der Waals surface area (Å²) in [6.45, 7) is 0.221. The van der Waals surface area contributed by atoms with Crippen molar-refractivity contribution in [2.75, 3.05) is 17.2 Å². The van der Waals surface area contributed by atoms with Gasteiger partial charge in [0.1, 0.15) is 11.6 Å². The number of halogens is 1. The van der Waals surface area contributed by atoms with Crippen LogP contribution < -0.4 is 16.0 Å². The Hall–Kier alpha value is -3.61. The molecule has 0 radical (unpaired) electrons. The molecule has 1 heterocycles. The Labute approximate surface area is 155 Å². The number of carbonyl (C=O) groups is 2. The first kappa shape index (κ1) is 18.2. The topological polar surface area (TPSA) is 83.4 Å². The number of benzene rings is 2. The van der Waals surface area contributed by atoms with E-state index in [4.69, 9.17) is 4.42 Å². The Bertz CT molecular complexity index is 908. The van der Waals surface area contributed by atoms with E-state index in [-0.39, 0.29) is 24.0 Å². The average molecular weight is 367 g/mol. The highest BCUT2D eigenvalue weighted by atomic mass is 19.1. The van der Waals surface area contributed by atoms with E-state index < -0.39 is 5.82 Å². The minimum Gasteiger partial charge on any atom is -0.467 e. The van der Waals surface area contributed by atoms with E-state index in [9.17, 15) is 14.0 Å². The van der Waals surface area contributed by atoms with E-state index in [1.54, 1.807) is 60.9 Å². The van der Waals surface area contributed by atoms with Crippen LogP contribution in [-0.2, 0) is 11.3 Å². The smallest absolute Gasteiger partial charge is 0.251 e. The molecule has 0 aliphatic heterocycles. The van der Waals surface area contributed by atoms with Crippen molar-refractivity contribution in [2.24, 2.45) is 0 Å². The van der Waals surface area contributed by atoms with E-state index in [0.29, 0.717) is 23.6 Å². The number of anilines is 2. The first-order valence-corrected chi connectivity index (χ1v) is 8.31. The minimum absolute atomic E-state index is 0.0771. The summed E-state index contributed by atoms with van der Waals surface area (Å²) in [6, 6.07) is 16.1. The number of hydrogen-bond acceptors (Lipinski definition) is 4. The molecule has 0 saturated heterocycles. The molecule has 3 N–H and O–H groups in total. The van der Waals surface area contributed by atoms with Gasteiger partial charge < -0.3 is 20.4 Å². The molecule has 27 heavy (non-hydrogen) atoms. The van der Waals surface area contributed by atoms with Crippen molar-refractivity contribution >= 4 is 23.2 Å². The van der Waals surface area contributed by atoms with Crippen molar-refractivity contribution < 1.29 is 18.4 Å². The van der Waals surface area contributed by atoms with Crippen LogP contribution in [0.2, 0.25) is 0 Å². The summed E-state index contributed by atoms with van der Waals surface area (Å²) in [6.07, 6.45) is 1.54. The Kier molecular flexibility index (Phi) is 5.84. The number of rotatable bonds is 7. The monoisotopic (exact) mass is 367 g/mol. The molecule has 0 atom stereocenters. The normalized spacial score (nSPS) is 10.3. The third-order valence-corrected chi connectivity index (χ3v) is 3.75. The van der Waals surface area contributed by atoms with Crippen LogP contribution in [0.25, 0.3) is 0 Å². The Morgan fingerprint density at radius 2 is 1.74 bits per heavy atom. The van der Waals surface area contributed by atoms with Crippen molar-refractivity contribution in [3.63, 3.8) is 0 Å². The zero-order chi connectivity index (χ0) is 19.1. The molecule has 6 nitrogen and oxygen atoms in total. The maximum atomic E-state index is 13.5. The minimum atomic E-state index is -0.421. The van der Waals surface area contributed by atoms with E-state index in [1.807, 2.05) is 0 Å². The number of carbonyl (C=O) groups excluding carboxylic acids is 2. The standard InChI is InChI=1S/C20H18FN3O3/c21-17-5-1-2-6-18(17)22-13-19(25)24-15-9-7-14(8-10-15)20(26)23-12-16-4-3-11-27-16/h1-11,22H,12-13H2,(H,23,26)(H,24,25).